The van der Waals surface area contributed by atoms with Crippen LogP contribution in [0.5, 0.6) is 0 Å². The Balaban J connectivity index is 0.000000173. The van der Waals surface area contributed by atoms with E-state index < -0.39 is 22.8 Å². The SMILES string of the molecule is CN(C)Cc1ccc(S(N)=O)c(F)c1.NC(=O)Nc1c2c(cc3c1CCC3)CCC2. The number of carbonyl (C=O) groups is 1. The summed E-state index contributed by atoms with van der Waals surface area (Å²) in [5.74, 6) is -0.509. The molecule has 30 heavy (non-hydrogen) atoms. The molecule has 2 aliphatic carbocycles. The van der Waals surface area contributed by atoms with Crippen LogP contribution in [-0.2, 0) is 43.2 Å². The van der Waals surface area contributed by atoms with Crippen molar-refractivity contribution in [3.63, 3.8) is 0 Å². The molecule has 2 aromatic carbocycles. The predicted molar refractivity (Wildman–Crippen MR) is 118 cm³/mol. The lowest BCUT2D eigenvalue weighted by atomic mass is 9.99. The molecule has 0 bridgehead atoms. The van der Waals surface area contributed by atoms with E-state index in [2.05, 4.69) is 11.4 Å². The zero-order valence-corrected chi connectivity index (χ0v) is 18.3. The first-order chi connectivity index (χ1) is 14.3. The van der Waals surface area contributed by atoms with Crippen molar-refractivity contribution >= 4 is 22.7 Å². The van der Waals surface area contributed by atoms with Gasteiger partial charge in [-0.1, -0.05) is 12.1 Å². The highest BCUT2D eigenvalue weighted by Gasteiger charge is 2.24. The van der Waals surface area contributed by atoms with Crippen LogP contribution in [0.25, 0.3) is 0 Å². The lowest BCUT2D eigenvalue weighted by molar-refractivity contribution is 0.259. The third-order valence-electron chi connectivity index (χ3n) is 5.43. The van der Waals surface area contributed by atoms with Crippen molar-refractivity contribution in [3.8, 4) is 0 Å². The molecular formula is C22H29FN4O2S. The monoisotopic (exact) mass is 432 g/mol. The van der Waals surface area contributed by atoms with E-state index in [0.29, 0.717) is 6.54 Å². The molecule has 2 aliphatic rings. The molecule has 0 saturated heterocycles. The molecule has 2 aromatic rings. The van der Waals surface area contributed by atoms with Crippen molar-refractivity contribution in [2.24, 2.45) is 10.9 Å². The number of amides is 2. The Morgan fingerprint density at radius 1 is 1.10 bits per heavy atom. The second kappa shape index (κ2) is 9.68. The van der Waals surface area contributed by atoms with Crippen molar-refractivity contribution in [2.45, 2.75) is 50.0 Å². The zero-order valence-electron chi connectivity index (χ0n) is 17.5. The van der Waals surface area contributed by atoms with Crippen LogP contribution in [0.4, 0.5) is 14.9 Å². The van der Waals surface area contributed by atoms with Gasteiger partial charge in [0.2, 0.25) is 0 Å². The van der Waals surface area contributed by atoms with Crippen LogP contribution in [0, 0.1) is 5.82 Å². The fraction of sp³-hybridized carbons (Fsp3) is 0.409. The highest BCUT2D eigenvalue weighted by atomic mass is 32.2. The van der Waals surface area contributed by atoms with Gasteiger partial charge in [0.15, 0.2) is 0 Å². The molecule has 0 heterocycles. The van der Waals surface area contributed by atoms with Crippen LogP contribution in [-0.4, -0.2) is 29.2 Å². The molecule has 6 nitrogen and oxygen atoms in total. The van der Waals surface area contributed by atoms with Gasteiger partial charge in [0.1, 0.15) is 16.8 Å². The molecule has 0 aliphatic heterocycles. The predicted octanol–water partition coefficient (Wildman–Crippen LogP) is 3.02. The Kier molecular flexibility index (Phi) is 7.23. The van der Waals surface area contributed by atoms with Gasteiger partial charge in [0.25, 0.3) is 0 Å². The molecule has 8 heteroatoms. The number of benzene rings is 2. The molecule has 1 unspecified atom stereocenters. The van der Waals surface area contributed by atoms with Crippen LogP contribution < -0.4 is 16.2 Å². The molecule has 0 fully saturated rings. The Morgan fingerprint density at radius 3 is 2.17 bits per heavy atom. The first kappa shape index (κ1) is 22.4. The summed E-state index contributed by atoms with van der Waals surface area (Å²) in [4.78, 5) is 13.1. The smallest absolute Gasteiger partial charge is 0.316 e. The van der Waals surface area contributed by atoms with Gasteiger partial charge in [0.05, 0.1) is 4.90 Å². The minimum Gasteiger partial charge on any atom is -0.351 e. The van der Waals surface area contributed by atoms with Gasteiger partial charge in [-0.2, -0.15) is 0 Å². The zero-order chi connectivity index (χ0) is 21.8. The van der Waals surface area contributed by atoms with Crippen molar-refractivity contribution in [1.29, 1.82) is 0 Å². The van der Waals surface area contributed by atoms with Gasteiger partial charge < -0.3 is 16.0 Å². The third kappa shape index (κ3) is 5.24. The van der Waals surface area contributed by atoms with E-state index >= 15 is 0 Å². The maximum atomic E-state index is 13.3. The maximum absolute atomic E-state index is 13.3. The average Bonchev–Trinajstić information content (AvgIpc) is 3.30. The highest BCUT2D eigenvalue weighted by Crippen LogP contribution is 2.38. The van der Waals surface area contributed by atoms with Gasteiger partial charge in [-0.3, -0.25) is 0 Å². The van der Waals surface area contributed by atoms with Crippen LogP contribution >= 0.6 is 0 Å². The van der Waals surface area contributed by atoms with E-state index in [1.165, 1.54) is 47.2 Å². The highest BCUT2D eigenvalue weighted by molar-refractivity contribution is 7.82. The molecule has 0 saturated carbocycles. The van der Waals surface area contributed by atoms with Crippen molar-refractivity contribution < 1.29 is 13.4 Å². The van der Waals surface area contributed by atoms with E-state index in [1.54, 1.807) is 6.07 Å². The largest absolute Gasteiger partial charge is 0.351 e. The maximum Gasteiger partial charge on any atom is 0.316 e. The number of nitrogens with one attached hydrogen (secondary N) is 1. The van der Waals surface area contributed by atoms with Crippen LogP contribution in [0.1, 0.15) is 40.7 Å². The van der Waals surface area contributed by atoms with E-state index in [0.717, 1.165) is 36.9 Å². The van der Waals surface area contributed by atoms with Gasteiger partial charge in [-0.15, -0.1) is 0 Å². The first-order valence-electron chi connectivity index (χ1n) is 10.1. The number of aryl methyl sites for hydroxylation is 2. The van der Waals surface area contributed by atoms with Gasteiger partial charge in [0, 0.05) is 12.2 Å². The Bertz CT molecular complexity index is 946. The summed E-state index contributed by atoms with van der Waals surface area (Å²) in [6.45, 7) is 0.647. The number of fused-ring (bicyclic) bond motifs is 2. The summed E-state index contributed by atoms with van der Waals surface area (Å²) < 4.78 is 24.1. The number of anilines is 1. The quantitative estimate of drug-likeness (QED) is 0.692. The molecule has 0 spiro atoms. The number of hydrogen-bond acceptors (Lipinski definition) is 3. The molecular weight excluding hydrogens is 403 g/mol. The van der Waals surface area contributed by atoms with E-state index in [-0.39, 0.29) is 4.90 Å². The first-order valence-corrected chi connectivity index (χ1v) is 11.3. The van der Waals surface area contributed by atoms with Crippen molar-refractivity contribution in [2.75, 3.05) is 19.4 Å². The van der Waals surface area contributed by atoms with Crippen molar-refractivity contribution in [3.05, 3.63) is 57.9 Å². The minimum atomic E-state index is -1.75. The summed E-state index contributed by atoms with van der Waals surface area (Å²) in [6.07, 6.45) is 6.86. The summed E-state index contributed by atoms with van der Waals surface area (Å²) in [5, 5.41) is 7.93. The Hall–Kier alpha value is -2.29. The number of primary amides is 1. The average molecular weight is 433 g/mol. The van der Waals surface area contributed by atoms with Gasteiger partial charge >= 0.3 is 6.03 Å². The molecule has 1 atom stereocenters. The Labute approximate surface area is 179 Å². The number of carbonyl (C=O) groups excluding carboxylic acids is 1. The minimum absolute atomic E-state index is 0.0486. The number of rotatable bonds is 4. The lowest BCUT2D eigenvalue weighted by Gasteiger charge is -2.14. The molecule has 0 aromatic heterocycles. The molecule has 0 radical (unpaired) electrons. The normalized spacial score (nSPS) is 15.2. The standard InChI is InChI=1S/C13H16N2O.C9H13FN2OS/c14-13(16)15-12-10-5-1-3-8(10)7-9-4-2-6-11(9)12;1-12(2)6-7-3-4-9(14(11)13)8(10)5-7/h7H,1-6H2,(H3,14,15,16);3-5H,6,11H2,1-2H3. The Morgan fingerprint density at radius 2 is 1.70 bits per heavy atom. The van der Waals surface area contributed by atoms with E-state index in [4.69, 9.17) is 10.9 Å². The number of urea groups is 1. The topological polar surface area (TPSA) is 101 Å². The third-order valence-corrected chi connectivity index (χ3v) is 6.20. The molecule has 162 valence electrons. The number of halogens is 1. The van der Waals surface area contributed by atoms with E-state index in [1.807, 2.05) is 19.0 Å². The molecule has 5 N–H and O–H groups in total. The van der Waals surface area contributed by atoms with Gasteiger partial charge in [-0.05, 0) is 92.6 Å². The second-order valence-electron chi connectivity index (χ2n) is 8.02. The summed E-state index contributed by atoms with van der Waals surface area (Å²) >= 11 is 0. The number of nitrogens with zero attached hydrogens (tertiary/aromatic N) is 1. The fourth-order valence-corrected chi connectivity index (χ4v) is 4.71. The van der Waals surface area contributed by atoms with Crippen molar-refractivity contribution in [1.82, 2.24) is 4.90 Å². The number of hydrogen-bond donors (Lipinski definition) is 3. The van der Waals surface area contributed by atoms with Gasteiger partial charge in [-0.25, -0.2) is 18.5 Å². The fourth-order valence-electron chi connectivity index (χ4n) is 4.26. The van der Waals surface area contributed by atoms with Crippen LogP contribution in [0.2, 0.25) is 0 Å². The second-order valence-corrected chi connectivity index (χ2v) is 9.06. The van der Waals surface area contributed by atoms with E-state index in [9.17, 15) is 13.4 Å². The summed E-state index contributed by atoms with van der Waals surface area (Å²) in [5.41, 5.74) is 12.6. The summed E-state index contributed by atoms with van der Waals surface area (Å²) in [6, 6.07) is 6.46. The van der Waals surface area contributed by atoms with Crippen LogP contribution in [0.3, 0.4) is 0 Å². The van der Waals surface area contributed by atoms with Crippen LogP contribution in [0.15, 0.2) is 29.2 Å². The molecule has 2 amide bonds. The molecule has 4 rings (SSSR count). The number of nitrogens with two attached hydrogens (primary N) is 2. The summed E-state index contributed by atoms with van der Waals surface area (Å²) in [7, 11) is 2.04. The lowest BCUT2D eigenvalue weighted by Crippen LogP contribution is -2.21.